The summed E-state index contributed by atoms with van der Waals surface area (Å²) >= 11 is 0. The first kappa shape index (κ1) is 28.4. The van der Waals surface area contributed by atoms with Crippen LogP contribution in [0.1, 0.15) is 37.8 Å². The minimum Gasteiger partial charge on any atom is -0.453 e. The molecule has 0 radical (unpaired) electrons. The third kappa shape index (κ3) is 8.73. The van der Waals surface area contributed by atoms with E-state index >= 15 is 0 Å². The quantitative estimate of drug-likeness (QED) is 0.255. The van der Waals surface area contributed by atoms with Crippen LogP contribution in [0, 0.1) is 5.92 Å². The van der Waals surface area contributed by atoms with E-state index in [1.54, 1.807) is 5.01 Å². The number of hydrogen-bond acceptors (Lipinski definition) is 7. The Balaban J connectivity index is 1.65. The third-order valence-corrected chi connectivity index (χ3v) is 6.71. The van der Waals surface area contributed by atoms with Crippen LogP contribution in [0.5, 0.6) is 0 Å². The molecule has 2 aromatic rings. The van der Waals surface area contributed by atoms with Crippen LogP contribution in [0.25, 0.3) is 0 Å². The number of nitrogens with two attached hydrogens (primary N) is 1. The lowest BCUT2D eigenvalue weighted by molar-refractivity contribution is -0.125. The minimum absolute atomic E-state index is 0.155. The van der Waals surface area contributed by atoms with Gasteiger partial charge in [0, 0.05) is 31.9 Å². The molecule has 3 rings (SSSR count). The van der Waals surface area contributed by atoms with Crippen LogP contribution in [0.3, 0.4) is 0 Å². The van der Waals surface area contributed by atoms with Crippen molar-refractivity contribution in [2.45, 2.75) is 57.8 Å². The largest absolute Gasteiger partial charge is 0.453 e. The van der Waals surface area contributed by atoms with Crippen molar-refractivity contribution >= 4 is 17.7 Å². The van der Waals surface area contributed by atoms with E-state index in [1.807, 2.05) is 44.2 Å². The number of methoxy groups -OCH3 is 1. The highest BCUT2D eigenvalue weighted by molar-refractivity contribution is 5.86. The van der Waals surface area contributed by atoms with Crippen LogP contribution in [0.15, 0.2) is 54.6 Å². The first-order chi connectivity index (χ1) is 17.8. The summed E-state index contributed by atoms with van der Waals surface area (Å²) in [4.78, 5) is 27.3. The molecule has 37 heavy (non-hydrogen) atoms. The number of amides is 2. The van der Waals surface area contributed by atoms with E-state index in [0.29, 0.717) is 13.0 Å². The Morgan fingerprint density at radius 2 is 1.68 bits per heavy atom. The fraction of sp³-hybridized carbons (Fsp3) is 0.500. The second kappa shape index (κ2) is 14.0. The first-order valence-electron chi connectivity index (χ1n) is 13.0. The molecule has 0 unspecified atom stereocenters. The molecular formula is C28H41N5O4. The summed E-state index contributed by atoms with van der Waals surface area (Å²) in [6, 6.07) is 16.6. The Bertz CT molecular complexity index is 980. The molecule has 0 aromatic heterocycles. The lowest BCUT2D eigenvalue weighted by Gasteiger charge is -2.30. The van der Waals surface area contributed by atoms with Gasteiger partial charge in [-0.15, -0.1) is 0 Å². The molecule has 1 saturated heterocycles. The number of hydrogen-bond donors (Lipinski definition) is 4. The minimum atomic E-state index is -0.941. The number of aliphatic hydroxyl groups excluding tert-OH is 1. The van der Waals surface area contributed by atoms with Crippen molar-refractivity contribution in [2.24, 2.45) is 11.8 Å². The summed E-state index contributed by atoms with van der Waals surface area (Å²) < 4.78 is 4.67. The first-order valence-corrected chi connectivity index (χ1v) is 13.0. The second-order valence-electron chi connectivity index (χ2n) is 10.0. The van der Waals surface area contributed by atoms with Gasteiger partial charge in [-0.3, -0.25) is 10.6 Å². The highest BCUT2D eigenvalue weighted by Crippen LogP contribution is 2.21. The number of hydrazine groups is 1. The number of nitrogens with zero attached hydrogens (tertiary/aromatic N) is 2. The lowest BCUT2D eigenvalue weighted by Crippen LogP contribution is -2.56. The maximum Gasteiger partial charge on any atom is 0.407 e. The number of rotatable bonds is 12. The molecule has 0 bridgehead atoms. The maximum absolute atomic E-state index is 13.1. The molecule has 1 heterocycles. The van der Waals surface area contributed by atoms with Gasteiger partial charge in [0.05, 0.1) is 19.3 Å². The summed E-state index contributed by atoms with van der Waals surface area (Å²) in [6.45, 7) is 6.47. The Labute approximate surface area is 219 Å². The molecule has 9 heteroatoms. The molecule has 0 spiro atoms. The molecule has 2 aromatic carbocycles. The maximum atomic E-state index is 13.1. The van der Waals surface area contributed by atoms with Crippen molar-refractivity contribution in [3.63, 3.8) is 0 Å². The fourth-order valence-corrected chi connectivity index (χ4v) is 4.60. The monoisotopic (exact) mass is 511 g/mol. The summed E-state index contributed by atoms with van der Waals surface area (Å²) in [7, 11) is 1.25. The van der Waals surface area contributed by atoms with Gasteiger partial charge in [0.2, 0.25) is 5.91 Å². The molecule has 0 saturated carbocycles. The number of carbonyl (C=O) groups excluding carboxylic acids is 2. The van der Waals surface area contributed by atoms with Crippen molar-refractivity contribution in [1.82, 2.24) is 15.6 Å². The van der Waals surface area contributed by atoms with Gasteiger partial charge in [0.1, 0.15) is 6.04 Å². The smallest absolute Gasteiger partial charge is 0.407 e. The van der Waals surface area contributed by atoms with Crippen molar-refractivity contribution < 1.29 is 19.4 Å². The number of anilines is 1. The summed E-state index contributed by atoms with van der Waals surface area (Å²) in [5.74, 6) is 5.73. The second-order valence-corrected chi connectivity index (χ2v) is 10.0. The van der Waals surface area contributed by atoms with Crippen molar-refractivity contribution in [1.29, 1.82) is 0 Å². The number of benzene rings is 2. The van der Waals surface area contributed by atoms with E-state index in [-0.39, 0.29) is 18.4 Å². The van der Waals surface area contributed by atoms with E-state index in [1.165, 1.54) is 25.6 Å². The molecule has 3 atom stereocenters. The fourth-order valence-electron chi connectivity index (χ4n) is 4.60. The van der Waals surface area contributed by atoms with Crippen LogP contribution < -0.4 is 21.4 Å². The van der Waals surface area contributed by atoms with Gasteiger partial charge in [0.15, 0.2) is 0 Å². The molecule has 0 aliphatic carbocycles. The number of nitrogens with one attached hydrogen (secondary N) is 2. The average Bonchev–Trinajstić information content (AvgIpc) is 3.42. The standard InChI is InChI=1S/C28H41N5O4/c1-20(2)26(31-28(36)37-3)27(35)30-24(17-21-9-5-4-6-10-21)25(34)19-33(29)18-22-11-13-23(14-12-22)32-15-7-8-16-32/h4-6,9-14,20,24-26,34H,7-8,15-19,29H2,1-3H3,(H,30,35)(H,31,36)/t24-,25-,26-/m0/s1. The molecule has 202 valence electrons. The van der Waals surface area contributed by atoms with E-state index < -0.39 is 24.3 Å². The van der Waals surface area contributed by atoms with Crippen molar-refractivity contribution in [3.8, 4) is 0 Å². The predicted molar refractivity (Wildman–Crippen MR) is 145 cm³/mol. The van der Waals surface area contributed by atoms with Crippen LogP contribution in [-0.2, 0) is 22.5 Å². The predicted octanol–water partition coefficient (Wildman–Crippen LogP) is 2.43. The van der Waals surface area contributed by atoms with Crippen molar-refractivity contribution in [3.05, 3.63) is 65.7 Å². The van der Waals surface area contributed by atoms with Gasteiger partial charge in [-0.1, -0.05) is 56.3 Å². The van der Waals surface area contributed by atoms with Crippen LogP contribution in [0.2, 0.25) is 0 Å². The molecule has 9 nitrogen and oxygen atoms in total. The van der Waals surface area contributed by atoms with Gasteiger partial charge in [-0.2, -0.15) is 0 Å². The van der Waals surface area contributed by atoms with E-state index in [9.17, 15) is 14.7 Å². The molecule has 1 aliphatic rings. The number of alkyl carbamates (subject to hydrolysis) is 1. The van der Waals surface area contributed by atoms with Crippen LogP contribution in [-0.4, -0.2) is 67.0 Å². The van der Waals surface area contributed by atoms with Gasteiger partial charge in [-0.05, 0) is 48.4 Å². The van der Waals surface area contributed by atoms with Gasteiger partial charge >= 0.3 is 6.09 Å². The Kier molecular flexibility index (Phi) is 10.7. The molecule has 2 amide bonds. The van der Waals surface area contributed by atoms with Gasteiger partial charge in [0.25, 0.3) is 0 Å². The topological polar surface area (TPSA) is 120 Å². The molecule has 1 aliphatic heterocycles. The van der Waals surface area contributed by atoms with Gasteiger partial charge < -0.3 is 25.4 Å². The van der Waals surface area contributed by atoms with Crippen LogP contribution in [0.4, 0.5) is 10.5 Å². The zero-order valence-electron chi connectivity index (χ0n) is 22.1. The van der Waals surface area contributed by atoms with Crippen molar-refractivity contribution in [2.75, 3.05) is 31.6 Å². The highest BCUT2D eigenvalue weighted by Gasteiger charge is 2.30. The zero-order valence-corrected chi connectivity index (χ0v) is 22.1. The summed E-state index contributed by atoms with van der Waals surface area (Å²) in [5.41, 5.74) is 3.23. The van der Waals surface area contributed by atoms with Gasteiger partial charge in [-0.25, -0.2) is 9.80 Å². The van der Waals surface area contributed by atoms with E-state index in [2.05, 4.69) is 44.5 Å². The SMILES string of the molecule is COC(=O)N[C@H](C(=O)N[C@@H](Cc1ccccc1)[C@@H](O)CN(N)Cc1ccc(N2CCCC2)cc1)C(C)C. The molecular weight excluding hydrogens is 470 g/mol. The normalized spacial score (nSPS) is 15.9. The number of ether oxygens (including phenoxy) is 1. The van der Waals surface area contributed by atoms with E-state index in [4.69, 9.17) is 5.84 Å². The average molecular weight is 512 g/mol. The third-order valence-electron chi connectivity index (χ3n) is 6.71. The molecule has 5 N–H and O–H groups in total. The number of aliphatic hydroxyl groups is 1. The van der Waals surface area contributed by atoms with Crippen LogP contribution >= 0.6 is 0 Å². The Morgan fingerprint density at radius 3 is 2.27 bits per heavy atom. The molecule has 1 fully saturated rings. The lowest BCUT2D eigenvalue weighted by atomic mass is 9.98. The number of carbonyl (C=O) groups is 2. The van der Waals surface area contributed by atoms with E-state index in [0.717, 1.165) is 24.2 Å². The highest BCUT2D eigenvalue weighted by atomic mass is 16.5. The summed E-state index contributed by atoms with van der Waals surface area (Å²) in [5, 5.41) is 18.2. The Hall–Kier alpha value is -3.14. The zero-order chi connectivity index (χ0) is 26.8. The Morgan fingerprint density at radius 1 is 1.03 bits per heavy atom. The summed E-state index contributed by atoms with van der Waals surface area (Å²) in [6.07, 6.45) is 1.25.